The lowest BCUT2D eigenvalue weighted by Gasteiger charge is -2.04. The van der Waals surface area contributed by atoms with E-state index < -0.39 is 6.09 Å². The molecule has 0 aliphatic rings. The lowest BCUT2D eigenvalue weighted by Crippen LogP contribution is -2.11. The third-order valence-corrected chi connectivity index (χ3v) is 2.58. The van der Waals surface area contributed by atoms with Crippen LogP contribution < -0.4 is 5.32 Å². The number of carbonyl (C=O) groups is 2. The Morgan fingerprint density at radius 1 is 1.14 bits per heavy atom. The Labute approximate surface area is 130 Å². The van der Waals surface area contributed by atoms with Crippen LogP contribution in [0.5, 0.6) is 0 Å². The molecule has 1 amide bonds. The van der Waals surface area contributed by atoms with Crippen LogP contribution in [0.1, 0.15) is 42.4 Å². The molecule has 0 spiro atoms. The molecule has 1 heterocycles. The van der Waals surface area contributed by atoms with Crippen molar-refractivity contribution in [2.75, 3.05) is 5.32 Å². The number of amides is 1. The van der Waals surface area contributed by atoms with Crippen molar-refractivity contribution in [3.05, 3.63) is 53.3 Å². The first-order chi connectivity index (χ1) is 10.3. The number of aryl methyl sites for hydroxylation is 1. The largest absolute Gasteiger partial charge is 0.465 e. The van der Waals surface area contributed by atoms with Gasteiger partial charge < -0.3 is 10.1 Å². The van der Waals surface area contributed by atoms with E-state index in [2.05, 4.69) is 31.1 Å². The predicted octanol–water partition coefficient (Wildman–Crippen LogP) is 4.31. The van der Waals surface area contributed by atoms with Gasteiger partial charge in [-0.1, -0.05) is 51.1 Å². The second-order valence-corrected chi connectivity index (χ2v) is 5.56. The molecule has 0 fully saturated rings. The second kappa shape index (κ2) is 8.02. The van der Waals surface area contributed by atoms with Crippen LogP contribution in [0.25, 0.3) is 0 Å². The zero-order valence-corrected chi connectivity index (χ0v) is 13.3. The molecule has 0 aliphatic carbocycles. The summed E-state index contributed by atoms with van der Waals surface area (Å²) in [5, 5.41) is 10.9. The number of rotatable bonds is 3. The minimum atomic E-state index is -1.20. The van der Waals surface area contributed by atoms with Gasteiger partial charge in [0.2, 0.25) is 0 Å². The molecular formula is C17H22N2O3. The Bertz CT molecular complexity index is 628. The van der Waals surface area contributed by atoms with Gasteiger partial charge in [0.15, 0.2) is 5.78 Å². The number of anilines is 1. The summed E-state index contributed by atoms with van der Waals surface area (Å²) in [6, 6.07) is 8.73. The molecule has 3 N–H and O–H groups in total. The van der Waals surface area contributed by atoms with E-state index in [-0.39, 0.29) is 11.5 Å². The Hall–Kier alpha value is -2.56. The molecule has 0 bridgehead atoms. The number of benzene rings is 1. The Kier molecular flexibility index (Phi) is 6.38. The number of aromatic amines is 1. The summed E-state index contributed by atoms with van der Waals surface area (Å²) in [6.45, 7) is 8.23. The van der Waals surface area contributed by atoms with Crippen molar-refractivity contribution < 1.29 is 14.7 Å². The fourth-order valence-electron chi connectivity index (χ4n) is 1.77. The third-order valence-electron chi connectivity index (χ3n) is 2.58. The minimum absolute atomic E-state index is 0.210. The summed E-state index contributed by atoms with van der Waals surface area (Å²) < 4.78 is 0. The van der Waals surface area contributed by atoms with Crippen LogP contribution in [0, 0.1) is 12.8 Å². The molecule has 0 unspecified atom stereocenters. The van der Waals surface area contributed by atoms with Crippen LogP contribution in [0.4, 0.5) is 10.5 Å². The molecular weight excluding hydrogens is 280 g/mol. The van der Waals surface area contributed by atoms with E-state index in [0.29, 0.717) is 16.8 Å². The first kappa shape index (κ1) is 17.5. The van der Waals surface area contributed by atoms with Crippen molar-refractivity contribution in [2.24, 2.45) is 5.92 Å². The van der Waals surface area contributed by atoms with Crippen molar-refractivity contribution >= 4 is 17.6 Å². The van der Waals surface area contributed by atoms with Crippen LogP contribution in [-0.2, 0) is 0 Å². The SMILES string of the molecule is CC(C)C.Cc1[nH]cc(NC(=O)O)c1C(=O)c1ccccc1. The van der Waals surface area contributed by atoms with Crippen molar-refractivity contribution in [3.8, 4) is 0 Å². The molecule has 2 aromatic rings. The Morgan fingerprint density at radius 2 is 1.68 bits per heavy atom. The highest BCUT2D eigenvalue weighted by Crippen LogP contribution is 2.22. The molecule has 5 nitrogen and oxygen atoms in total. The smallest absolute Gasteiger partial charge is 0.409 e. The van der Waals surface area contributed by atoms with Gasteiger partial charge in [-0.2, -0.15) is 0 Å². The summed E-state index contributed by atoms with van der Waals surface area (Å²) in [6.07, 6.45) is 0.274. The van der Waals surface area contributed by atoms with Gasteiger partial charge in [-0.25, -0.2) is 4.79 Å². The van der Waals surface area contributed by atoms with Gasteiger partial charge in [-0.05, 0) is 12.8 Å². The first-order valence-corrected chi connectivity index (χ1v) is 7.10. The fourth-order valence-corrected chi connectivity index (χ4v) is 1.77. The lowest BCUT2D eigenvalue weighted by atomic mass is 10.0. The molecule has 0 aliphatic heterocycles. The first-order valence-electron chi connectivity index (χ1n) is 7.10. The van der Waals surface area contributed by atoms with Crippen molar-refractivity contribution in [1.29, 1.82) is 0 Å². The van der Waals surface area contributed by atoms with Crippen LogP contribution >= 0.6 is 0 Å². The van der Waals surface area contributed by atoms with E-state index in [1.54, 1.807) is 31.2 Å². The average Bonchev–Trinajstić information content (AvgIpc) is 2.78. The zero-order valence-electron chi connectivity index (χ0n) is 13.3. The van der Waals surface area contributed by atoms with Gasteiger partial charge in [-0.15, -0.1) is 0 Å². The number of hydrogen-bond donors (Lipinski definition) is 3. The van der Waals surface area contributed by atoms with Crippen molar-refractivity contribution in [1.82, 2.24) is 4.98 Å². The number of nitrogens with one attached hydrogen (secondary N) is 2. The van der Waals surface area contributed by atoms with Crippen molar-refractivity contribution in [3.63, 3.8) is 0 Å². The van der Waals surface area contributed by atoms with E-state index in [0.717, 1.165) is 5.92 Å². The average molecular weight is 302 g/mol. The molecule has 0 saturated heterocycles. The summed E-state index contributed by atoms with van der Waals surface area (Å²) in [4.78, 5) is 25.8. The molecule has 1 aromatic carbocycles. The van der Waals surface area contributed by atoms with Gasteiger partial charge in [0, 0.05) is 17.5 Å². The normalized spacial score (nSPS) is 9.86. The molecule has 0 radical (unpaired) electrons. The zero-order chi connectivity index (χ0) is 16.7. The van der Waals surface area contributed by atoms with Gasteiger partial charge in [0.05, 0.1) is 11.3 Å². The van der Waals surface area contributed by atoms with E-state index in [9.17, 15) is 9.59 Å². The number of ketones is 1. The van der Waals surface area contributed by atoms with Crippen molar-refractivity contribution in [2.45, 2.75) is 27.7 Å². The lowest BCUT2D eigenvalue weighted by molar-refractivity contribution is 0.103. The van der Waals surface area contributed by atoms with Gasteiger partial charge >= 0.3 is 6.09 Å². The molecule has 5 heteroatoms. The fraction of sp³-hybridized carbons (Fsp3) is 0.294. The highest BCUT2D eigenvalue weighted by atomic mass is 16.4. The van der Waals surface area contributed by atoms with Crippen LogP contribution in [0.15, 0.2) is 36.5 Å². The monoisotopic (exact) mass is 302 g/mol. The number of carbonyl (C=O) groups excluding carboxylic acids is 1. The predicted molar refractivity (Wildman–Crippen MR) is 87.6 cm³/mol. The number of aromatic nitrogens is 1. The number of H-pyrrole nitrogens is 1. The van der Waals surface area contributed by atoms with E-state index in [4.69, 9.17) is 5.11 Å². The third kappa shape index (κ3) is 5.09. The maximum absolute atomic E-state index is 12.3. The minimum Gasteiger partial charge on any atom is -0.465 e. The van der Waals surface area contributed by atoms with Gasteiger partial charge in [0.25, 0.3) is 0 Å². The number of hydrogen-bond acceptors (Lipinski definition) is 2. The van der Waals surface area contributed by atoms with E-state index in [1.165, 1.54) is 6.20 Å². The van der Waals surface area contributed by atoms with Crippen LogP contribution in [0.2, 0.25) is 0 Å². The second-order valence-electron chi connectivity index (χ2n) is 5.56. The van der Waals surface area contributed by atoms with E-state index in [1.807, 2.05) is 6.07 Å². The Balaban J connectivity index is 0.000000541. The summed E-state index contributed by atoms with van der Waals surface area (Å²) in [7, 11) is 0. The maximum atomic E-state index is 12.3. The number of carboxylic acid groups (broad SMARTS) is 1. The summed E-state index contributed by atoms with van der Waals surface area (Å²) in [5.74, 6) is 0.623. The van der Waals surface area contributed by atoms with Crippen LogP contribution in [-0.4, -0.2) is 22.0 Å². The van der Waals surface area contributed by atoms with Crippen LogP contribution in [0.3, 0.4) is 0 Å². The molecule has 2 rings (SSSR count). The topological polar surface area (TPSA) is 82.2 Å². The summed E-state index contributed by atoms with van der Waals surface area (Å²) in [5.41, 5.74) is 1.78. The standard InChI is InChI=1S/C13H12N2O3.C4H10/c1-8-11(10(7-14-8)15-13(17)18)12(16)9-5-3-2-4-6-9;1-4(2)3/h2-7,14-15H,1H3,(H,17,18);4H,1-3H3. The van der Waals surface area contributed by atoms with E-state index >= 15 is 0 Å². The molecule has 1 aromatic heterocycles. The molecule has 22 heavy (non-hydrogen) atoms. The summed E-state index contributed by atoms with van der Waals surface area (Å²) >= 11 is 0. The quantitative estimate of drug-likeness (QED) is 0.739. The molecule has 0 atom stereocenters. The molecule has 0 saturated carbocycles. The highest BCUT2D eigenvalue weighted by molar-refractivity contribution is 6.14. The molecule has 118 valence electrons. The Morgan fingerprint density at radius 3 is 2.18 bits per heavy atom. The van der Waals surface area contributed by atoms with Gasteiger partial charge in [-0.3, -0.25) is 10.1 Å². The highest BCUT2D eigenvalue weighted by Gasteiger charge is 2.18. The van der Waals surface area contributed by atoms with Gasteiger partial charge in [0.1, 0.15) is 0 Å². The maximum Gasteiger partial charge on any atom is 0.409 e.